The van der Waals surface area contributed by atoms with Crippen molar-refractivity contribution < 1.29 is 22.7 Å². The molecule has 0 aliphatic carbocycles. The van der Waals surface area contributed by atoms with Crippen molar-refractivity contribution in [2.45, 2.75) is 18.7 Å². The maximum absolute atomic E-state index is 12.8. The molecule has 1 aliphatic rings. The topological polar surface area (TPSA) is 72.9 Å². The number of hydrogen-bond acceptors (Lipinski definition) is 5. The highest BCUT2D eigenvalue weighted by Gasteiger charge is 2.27. The highest BCUT2D eigenvalue weighted by Crippen LogP contribution is 2.22. The van der Waals surface area contributed by atoms with Crippen LogP contribution in [0.5, 0.6) is 5.75 Å². The second-order valence-electron chi connectivity index (χ2n) is 6.20. The molecule has 0 aromatic heterocycles. The summed E-state index contributed by atoms with van der Waals surface area (Å²) in [4.78, 5) is 12.6. The minimum absolute atomic E-state index is 0.0841. The quantitative estimate of drug-likeness (QED) is 0.607. The Bertz CT molecular complexity index is 900. The summed E-state index contributed by atoms with van der Waals surface area (Å²) < 4.78 is 37.5. The fraction of sp³-hybridized carbons (Fsp3) is 0.316. The van der Waals surface area contributed by atoms with Crippen molar-refractivity contribution in [3.05, 3.63) is 59.2 Å². The number of carbonyl (C=O) groups is 1. The maximum Gasteiger partial charge on any atom is 0.343 e. The lowest BCUT2D eigenvalue weighted by Crippen LogP contribution is -2.40. The monoisotopic (exact) mass is 375 g/mol. The molecule has 0 amide bonds. The van der Waals surface area contributed by atoms with Crippen LogP contribution < -0.4 is 4.74 Å². The molecule has 0 bridgehead atoms. The van der Waals surface area contributed by atoms with Crippen molar-refractivity contribution >= 4 is 16.0 Å². The minimum Gasteiger partial charge on any atom is -0.423 e. The summed E-state index contributed by atoms with van der Waals surface area (Å²) in [5.41, 5.74) is 1.95. The summed E-state index contributed by atoms with van der Waals surface area (Å²) in [5, 5.41) is 0. The Morgan fingerprint density at radius 2 is 1.69 bits per heavy atom. The lowest BCUT2D eigenvalue weighted by molar-refractivity contribution is 0.0727. The molecule has 3 rings (SSSR count). The number of morpholine rings is 1. The van der Waals surface area contributed by atoms with Gasteiger partial charge in [-0.2, -0.15) is 4.31 Å². The Balaban J connectivity index is 1.87. The molecular formula is C19H21NO5S. The van der Waals surface area contributed by atoms with Crippen molar-refractivity contribution in [1.82, 2.24) is 4.31 Å². The van der Waals surface area contributed by atoms with Gasteiger partial charge >= 0.3 is 5.97 Å². The largest absolute Gasteiger partial charge is 0.423 e. The molecule has 26 heavy (non-hydrogen) atoms. The van der Waals surface area contributed by atoms with Crippen LogP contribution in [0.4, 0.5) is 0 Å². The third-order valence-electron chi connectivity index (χ3n) is 4.27. The van der Waals surface area contributed by atoms with Gasteiger partial charge in [0.05, 0.1) is 23.7 Å². The second kappa shape index (κ2) is 7.57. The summed E-state index contributed by atoms with van der Waals surface area (Å²) in [7, 11) is -3.67. The zero-order chi connectivity index (χ0) is 18.7. The van der Waals surface area contributed by atoms with Crippen LogP contribution in [0.25, 0.3) is 0 Å². The van der Waals surface area contributed by atoms with Crippen LogP contribution in [0.3, 0.4) is 0 Å². The highest BCUT2D eigenvalue weighted by atomic mass is 32.2. The number of sulfonamides is 1. The van der Waals surface area contributed by atoms with E-state index in [2.05, 4.69) is 0 Å². The predicted octanol–water partition coefficient (Wildman–Crippen LogP) is 2.54. The summed E-state index contributed by atoms with van der Waals surface area (Å²) in [6.07, 6.45) is 0. The van der Waals surface area contributed by atoms with Crippen molar-refractivity contribution in [1.29, 1.82) is 0 Å². The van der Waals surface area contributed by atoms with E-state index in [0.717, 1.165) is 5.56 Å². The molecule has 0 saturated carbocycles. The molecule has 0 spiro atoms. The van der Waals surface area contributed by atoms with E-state index in [1.807, 2.05) is 19.1 Å². The zero-order valence-electron chi connectivity index (χ0n) is 14.8. The normalized spacial score (nSPS) is 15.6. The van der Waals surface area contributed by atoms with Crippen molar-refractivity contribution in [2.24, 2.45) is 0 Å². The van der Waals surface area contributed by atoms with Gasteiger partial charge in [-0.25, -0.2) is 13.2 Å². The average Bonchev–Trinajstić information content (AvgIpc) is 2.64. The number of rotatable bonds is 4. The number of carbonyl (C=O) groups excluding carboxylic acids is 1. The van der Waals surface area contributed by atoms with E-state index in [1.165, 1.54) is 16.4 Å². The van der Waals surface area contributed by atoms with Crippen LogP contribution in [0.15, 0.2) is 47.4 Å². The van der Waals surface area contributed by atoms with Gasteiger partial charge < -0.3 is 9.47 Å². The molecule has 1 aliphatic heterocycles. The molecule has 7 heteroatoms. The van der Waals surface area contributed by atoms with Gasteiger partial charge in [0.15, 0.2) is 0 Å². The lowest BCUT2D eigenvalue weighted by atomic mass is 10.1. The molecule has 1 heterocycles. The van der Waals surface area contributed by atoms with E-state index < -0.39 is 16.0 Å². The van der Waals surface area contributed by atoms with Crippen LogP contribution in [0, 0.1) is 13.8 Å². The lowest BCUT2D eigenvalue weighted by Gasteiger charge is -2.26. The molecule has 1 saturated heterocycles. The van der Waals surface area contributed by atoms with E-state index >= 15 is 0 Å². The number of ether oxygens (including phenoxy) is 2. The van der Waals surface area contributed by atoms with E-state index in [-0.39, 0.29) is 10.5 Å². The number of esters is 1. The first kappa shape index (κ1) is 18.6. The molecule has 6 nitrogen and oxygen atoms in total. The van der Waals surface area contributed by atoms with E-state index in [9.17, 15) is 13.2 Å². The molecule has 2 aromatic rings. The van der Waals surface area contributed by atoms with Crippen molar-refractivity contribution in [3.63, 3.8) is 0 Å². The second-order valence-corrected chi connectivity index (χ2v) is 8.13. The van der Waals surface area contributed by atoms with E-state index in [1.54, 1.807) is 25.1 Å². The van der Waals surface area contributed by atoms with Gasteiger partial charge in [0, 0.05) is 13.1 Å². The Kier molecular flexibility index (Phi) is 5.41. The van der Waals surface area contributed by atoms with Gasteiger partial charge in [-0.1, -0.05) is 23.8 Å². The first-order valence-corrected chi connectivity index (χ1v) is 9.79. The molecule has 2 aromatic carbocycles. The SMILES string of the molecule is Cc1ccc(OC(=O)c2cc(S(=O)(=O)N3CCOCC3)ccc2C)cc1. The smallest absolute Gasteiger partial charge is 0.343 e. The minimum atomic E-state index is -3.67. The first-order valence-electron chi connectivity index (χ1n) is 8.35. The number of hydrogen-bond donors (Lipinski definition) is 0. The Labute approximate surface area is 153 Å². The van der Waals surface area contributed by atoms with E-state index in [4.69, 9.17) is 9.47 Å². The standard InChI is InChI=1S/C19H21NO5S/c1-14-3-6-16(7-4-14)25-19(21)18-13-17(8-5-15(18)2)26(22,23)20-9-11-24-12-10-20/h3-8,13H,9-12H2,1-2H3. The van der Waals surface area contributed by atoms with Gasteiger partial charge in [0.1, 0.15) is 5.75 Å². The van der Waals surface area contributed by atoms with Crippen LogP contribution in [0.1, 0.15) is 21.5 Å². The summed E-state index contributed by atoms with van der Waals surface area (Å²) in [5.74, 6) is -0.160. The molecule has 0 atom stereocenters. The van der Waals surface area contributed by atoms with Crippen molar-refractivity contribution in [2.75, 3.05) is 26.3 Å². The Morgan fingerprint density at radius 3 is 2.35 bits per heavy atom. The number of benzene rings is 2. The van der Waals surface area contributed by atoms with E-state index in [0.29, 0.717) is 37.6 Å². The summed E-state index contributed by atoms with van der Waals surface area (Å²) >= 11 is 0. The van der Waals surface area contributed by atoms with Crippen LogP contribution in [-0.2, 0) is 14.8 Å². The number of nitrogens with zero attached hydrogens (tertiary/aromatic N) is 1. The maximum atomic E-state index is 12.8. The first-order chi connectivity index (χ1) is 12.4. The van der Waals surface area contributed by atoms with Gasteiger partial charge in [-0.05, 0) is 43.7 Å². The van der Waals surface area contributed by atoms with Crippen molar-refractivity contribution in [3.8, 4) is 5.75 Å². The molecular weight excluding hydrogens is 354 g/mol. The predicted molar refractivity (Wildman–Crippen MR) is 96.9 cm³/mol. The molecule has 138 valence electrons. The summed E-state index contributed by atoms with van der Waals surface area (Å²) in [6.45, 7) is 5.03. The highest BCUT2D eigenvalue weighted by molar-refractivity contribution is 7.89. The van der Waals surface area contributed by atoms with Crippen LogP contribution in [0.2, 0.25) is 0 Å². The molecule has 1 fully saturated rings. The molecule has 0 unspecified atom stereocenters. The fourth-order valence-electron chi connectivity index (χ4n) is 2.69. The zero-order valence-corrected chi connectivity index (χ0v) is 15.6. The Hall–Kier alpha value is -2.22. The Morgan fingerprint density at radius 1 is 1.04 bits per heavy atom. The summed E-state index contributed by atoms with van der Waals surface area (Å²) in [6, 6.07) is 11.6. The fourth-order valence-corrected chi connectivity index (χ4v) is 4.12. The van der Waals surface area contributed by atoms with Crippen LogP contribution >= 0.6 is 0 Å². The van der Waals surface area contributed by atoms with Gasteiger partial charge in [0.2, 0.25) is 10.0 Å². The third kappa shape index (κ3) is 3.95. The van der Waals surface area contributed by atoms with Crippen LogP contribution in [-0.4, -0.2) is 45.0 Å². The van der Waals surface area contributed by atoms with Gasteiger partial charge in [-0.15, -0.1) is 0 Å². The number of aryl methyl sites for hydroxylation is 2. The third-order valence-corrected chi connectivity index (χ3v) is 6.16. The molecule has 0 radical (unpaired) electrons. The average molecular weight is 375 g/mol. The van der Waals surface area contributed by atoms with Gasteiger partial charge in [-0.3, -0.25) is 0 Å². The van der Waals surface area contributed by atoms with Gasteiger partial charge in [0.25, 0.3) is 0 Å². The molecule has 0 N–H and O–H groups in total.